The highest BCUT2D eigenvalue weighted by atomic mass is 35.8. The fourth-order valence-corrected chi connectivity index (χ4v) is 2.37. The Labute approximate surface area is 139 Å². The molecule has 0 aliphatic rings. The number of hydrogen-bond acceptors (Lipinski definition) is 6. The molecule has 0 aliphatic heterocycles. The van der Waals surface area contributed by atoms with Crippen LogP contribution in [0.5, 0.6) is 0 Å². The highest BCUT2D eigenvalue weighted by Gasteiger charge is 2.48. The van der Waals surface area contributed by atoms with Gasteiger partial charge in [0.1, 0.15) is 0 Å². The van der Waals surface area contributed by atoms with Crippen molar-refractivity contribution in [1.82, 2.24) is 0 Å². The molecule has 0 bridgehead atoms. The maximum Gasteiger partial charge on any atom is 0.734 e. The molecule has 0 spiro atoms. The second kappa shape index (κ2) is 10.0. The molecule has 0 N–H and O–H groups in total. The molecule has 0 rings (SSSR count). The lowest BCUT2D eigenvalue weighted by Crippen LogP contribution is -2.47. The van der Waals surface area contributed by atoms with Gasteiger partial charge < -0.3 is 13.3 Å². The Hall–Kier alpha value is -0.806. The van der Waals surface area contributed by atoms with Crippen molar-refractivity contribution >= 4 is 66.0 Å². The van der Waals surface area contributed by atoms with Crippen LogP contribution in [0.3, 0.4) is 0 Å². The minimum Gasteiger partial charge on any atom is -0.452 e. The highest BCUT2D eigenvalue weighted by molar-refractivity contribution is 7.66. The van der Waals surface area contributed by atoms with Crippen LogP contribution in [-0.2, 0) is 27.7 Å². The number of carbonyl (C=O) groups excluding carboxylic acids is 3. The molecule has 21 heavy (non-hydrogen) atoms. The zero-order valence-electron chi connectivity index (χ0n) is 11.7. The van der Waals surface area contributed by atoms with Gasteiger partial charge in [0.2, 0.25) is 0 Å². The Bertz CT molecular complexity index is 381. The number of rotatable bonds is 5. The van der Waals surface area contributed by atoms with Gasteiger partial charge in [-0.05, 0) is 0 Å². The lowest BCUT2D eigenvalue weighted by atomic mass is 10.9. The average Bonchev–Trinajstić information content (AvgIpc) is 2.25. The van der Waals surface area contributed by atoms with Crippen LogP contribution in [0, 0.1) is 0 Å². The molecule has 0 saturated carbocycles. The Morgan fingerprint density at radius 1 is 0.810 bits per heavy atom. The van der Waals surface area contributed by atoms with Crippen molar-refractivity contribution < 1.29 is 27.7 Å². The summed E-state index contributed by atoms with van der Waals surface area (Å²) in [5, 5.41) is 0. The number of carbonyl (C=O) groups is 3. The summed E-state index contributed by atoms with van der Waals surface area (Å²) in [6, 6.07) is -2.45. The van der Waals surface area contributed by atoms with E-state index in [1.165, 1.54) is 5.70 Å². The molecule has 0 atom stereocenters. The minimum absolute atomic E-state index is 0.718. The first-order chi connectivity index (χ1) is 9.37. The Balaban J connectivity index is 0. The fourth-order valence-electron chi connectivity index (χ4n) is 0.789. The van der Waals surface area contributed by atoms with Crippen LogP contribution in [0.4, 0.5) is 0 Å². The van der Waals surface area contributed by atoms with Crippen molar-refractivity contribution in [3.05, 3.63) is 24.6 Å². The van der Waals surface area contributed by atoms with E-state index in [1.54, 1.807) is 0 Å². The Morgan fingerprint density at radius 3 is 1.14 bits per heavy atom. The van der Waals surface area contributed by atoms with E-state index < -0.39 is 32.7 Å². The summed E-state index contributed by atoms with van der Waals surface area (Å²) in [5.74, 6) is -2.16. The molecule has 11 heteroatoms. The van der Waals surface area contributed by atoms with E-state index in [0.717, 1.165) is 26.5 Å². The normalized spacial score (nSPS) is 10.4. The van der Waals surface area contributed by atoms with Gasteiger partial charge in [-0.2, -0.15) is 0 Å². The number of halogens is 3. The second-order valence-corrected chi connectivity index (χ2v) is 14.2. The van der Waals surface area contributed by atoms with Gasteiger partial charge in [-0.1, -0.05) is 12.3 Å². The van der Waals surface area contributed by atoms with Crippen LogP contribution in [0.25, 0.3) is 0 Å². The average molecular weight is 394 g/mol. The fraction of sp³-hybridized carbons (Fsp3) is 0.300. The molecule has 6 nitrogen and oxygen atoms in total. The van der Waals surface area contributed by atoms with Crippen LogP contribution >= 0.6 is 33.2 Å². The standard InChI is InChI=1S/C8H12O6Si.C2H3Cl3Si/c1-5-15(12-6(2)9,13-7(3)10)14-8(4)11;1-2-6(3,4)5/h5H,1H2,2-4H3;2H,1H2. The van der Waals surface area contributed by atoms with Crippen LogP contribution in [0.1, 0.15) is 20.8 Å². The SMILES string of the molecule is C=C[Si](Cl)(Cl)Cl.C=C[Si](OC(C)=O)(OC(C)=O)OC(C)=O. The molecule has 0 heterocycles. The van der Waals surface area contributed by atoms with Crippen LogP contribution in [0.15, 0.2) is 24.6 Å². The molecule has 0 radical (unpaired) electrons. The summed E-state index contributed by atoms with van der Waals surface area (Å²) in [5.41, 5.74) is 2.41. The third kappa shape index (κ3) is 13.9. The summed E-state index contributed by atoms with van der Waals surface area (Å²) >= 11 is 15.8. The summed E-state index contributed by atoms with van der Waals surface area (Å²) in [4.78, 5) is 32.3. The highest BCUT2D eigenvalue weighted by Crippen LogP contribution is 2.19. The molecule has 0 aliphatic carbocycles. The molecule has 0 fully saturated rings. The van der Waals surface area contributed by atoms with E-state index >= 15 is 0 Å². The van der Waals surface area contributed by atoms with Gasteiger partial charge in [0.15, 0.2) is 0 Å². The quantitative estimate of drug-likeness (QED) is 0.528. The van der Waals surface area contributed by atoms with Crippen LogP contribution < -0.4 is 0 Å². The first-order valence-corrected chi connectivity index (χ1v) is 12.2. The molecule has 120 valence electrons. The lowest BCUT2D eigenvalue weighted by Gasteiger charge is -2.22. The van der Waals surface area contributed by atoms with Gasteiger partial charge in [0.05, 0.1) is 0 Å². The third-order valence-electron chi connectivity index (χ3n) is 1.34. The van der Waals surface area contributed by atoms with Crippen molar-refractivity contribution in [1.29, 1.82) is 0 Å². The van der Waals surface area contributed by atoms with Gasteiger partial charge in [-0.3, -0.25) is 14.4 Å². The predicted octanol–water partition coefficient (Wildman–Crippen LogP) is 2.71. The maximum absolute atomic E-state index is 10.8. The van der Waals surface area contributed by atoms with Crippen molar-refractivity contribution in [2.75, 3.05) is 0 Å². The zero-order chi connectivity index (χ0) is 17.3. The maximum atomic E-state index is 10.8. The zero-order valence-corrected chi connectivity index (χ0v) is 15.9. The molecule has 0 aromatic carbocycles. The van der Waals surface area contributed by atoms with Crippen LogP contribution in [0.2, 0.25) is 0 Å². The molecule has 0 aromatic heterocycles. The largest absolute Gasteiger partial charge is 0.734 e. The third-order valence-corrected chi connectivity index (χ3v) is 5.41. The van der Waals surface area contributed by atoms with Gasteiger partial charge >= 0.3 is 14.8 Å². The lowest BCUT2D eigenvalue weighted by molar-refractivity contribution is -0.146. The number of hydrogen-bond donors (Lipinski definition) is 0. The van der Waals surface area contributed by atoms with Gasteiger partial charge in [-0.25, -0.2) is 0 Å². The first-order valence-electron chi connectivity index (χ1n) is 5.30. The molecule has 0 amide bonds. The Morgan fingerprint density at radius 2 is 1.05 bits per heavy atom. The van der Waals surface area contributed by atoms with Gasteiger partial charge in [0.25, 0.3) is 17.9 Å². The summed E-state index contributed by atoms with van der Waals surface area (Å²) in [6.07, 6.45) is 0. The van der Waals surface area contributed by atoms with E-state index in [0.29, 0.717) is 0 Å². The van der Waals surface area contributed by atoms with Gasteiger partial charge in [0, 0.05) is 26.5 Å². The van der Waals surface area contributed by atoms with Crippen molar-refractivity contribution in [2.24, 2.45) is 0 Å². The van der Waals surface area contributed by atoms with E-state index in [2.05, 4.69) is 13.2 Å². The van der Waals surface area contributed by atoms with E-state index in [1.807, 2.05) is 0 Å². The summed E-state index contributed by atoms with van der Waals surface area (Å²) in [6.45, 7) is 9.95. The van der Waals surface area contributed by atoms with Crippen LogP contribution in [-0.4, -0.2) is 32.7 Å². The van der Waals surface area contributed by atoms with Crippen molar-refractivity contribution in [3.8, 4) is 0 Å². The molecule has 0 unspecified atom stereocenters. The summed E-state index contributed by atoms with van der Waals surface area (Å²) in [7, 11) is -3.74. The smallest absolute Gasteiger partial charge is 0.452 e. The summed E-state index contributed by atoms with van der Waals surface area (Å²) < 4.78 is 14.1. The van der Waals surface area contributed by atoms with E-state index in [9.17, 15) is 14.4 Å². The minimum atomic E-state index is -3.74. The molecular weight excluding hydrogens is 379 g/mol. The monoisotopic (exact) mass is 392 g/mol. The molecule has 0 aromatic rings. The van der Waals surface area contributed by atoms with E-state index in [-0.39, 0.29) is 0 Å². The van der Waals surface area contributed by atoms with Crippen molar-refractivity contribution in [3.63, 3.8) is 0 Å². The van der Waals surface area contributed by atoms with E-state index in [4.69, 9.17) is 46.5 Å². The molecular formula is C10H15Cl3O6Si2. The molecule has 0 saturated heterocycles. The topological polar surface area (TPSA) is 78.9 Å². The van der Waals surface area contributed by atoms with Crippen molar-refractivity contribution in [2.45, 2.75) is 20.8 Å². The predicted molar refractivity (Wildman–Crippen MR) is 84.8 cm³/mol. The first kappa shape index (κ1) is 22.5. The Kier molecular flexibility index (Phi) is 10.7. The van der Waals surface area contributed by atoms with Gasteiger partial charge in [-0.15, -0.1) is 39.8 Å². The second-order valence-electron chi connectivity index (χ2n) is 3.33.